The van der Waals surface area contributed by atoms with E-state index in [0.29, 0.717) is 33.8 Å². The summed E-state index contributed by atoms with van der Waals surface area (Å²) < 4.78 is 11.0. The van der Waals surface area contributed by atoms with E-state index in [9.17, 15) is 9.59 Å². The molecule has 3 heterocycles. The van der Waals surface area contributed by atoms with Crippen LogP contribution in [-0.2, 0) is 16.1 Å². The van der Waals surface area contributed by atoms with E-state index in [2.05, 4.69) is 15.3 Å². The predicted octanol–water partition coefficient (Wildman–Crippen LogP) is 3.81. The van der Waals surface area contributed by atoms with E-state index in [1.165, 1.54) is 12.1 Å². The van der Waals surface area contributed by atoms with Crippen LogP contribution in [0, 0.1) is 6.92 Å². The molecule has 3 aromatic rings. The molecule has 1 fully saturated rings. The molecule has 32 heavy (non-hydrogen) atoms. The summed E-state index contributed by atoms with van der Waals surface area (Å²) in [6.45, 7) is 1.96. The minimum absolute atomic E-state index is 0.172. The zero-order chi connectivity index (χ0) is 22.4. The second kappa shape index (κ2) is 7.76. The van der Waals surface area contributed by atoms with Crippen LogP contribution in [0.2, 0.25) is 5.02 Å². The number of amides is 2. The van der Waals surface area contributed by atoms with Crippen molar-refractivity contribution in [1.29, 1.82) is 0 Å². The van der Waals surface area contributed by atoms with Crippen molar-refractivity contribution < 1.29 is 18.7 Å². The lowest BCUT2D eigenvalue weighted by atomic mass is 10.1. The van der Waals surface area contributed by atoms with Gasteiger partial charge in [-0.3, -0.25) is 14.6 Å². The quantitative estimate of drug-likeness (QED) is 0.547. The van der Waals surface area contributed by atoms with E-state index >= 15 is 0 Å². The maximum absolute atomic E-state index is 13.2. The molecule has 1 aromatic heterocycles. The van der Waals surface area contributed by atoms with Crippen molar-refractivity contribution in [2.75, 3.05) is 12.0 Å². The van der Waals surface area contributed by atoms with Gasteiger partial charge in [0.05, 0.1) is 19.3 Å². The summed E-state index contributed by atoms with van der Waals surface area (Å²) in [6, 6.07) is 12.2. The van der Waals surface area contributed by atoms with Gasteiger partial charge in [0, 0.05) is 16.7 Å². The monoisotopic (exact) mass is 451 g/mol. The Balaban J connectivity index is 1.40. The summed E-state index contributed by atoms with van der Waals surface area (Å²) in [4.78, 5) is 31.8. The third kappa shape index (κ3) is 3.31. The van der Waals surface area contributed by atoms with E-state index in [1.807, 2.05) is 12.1 Å². The number of aryl methyl sites for hydroxylation is 1. The number of rotatable bonds is 5. The Morgan fingerprint density at radius 1 is 1.12 bits per heavy atom. The Morgan fingerprint density at radius 2 is 1.94 bits per heavy atom. The first kappa shape index (κ1) is 20.2. The second-order valence-corrected chi connectivity index (χ2v) is 7.87. The number of methoxy groups -OCH3 is 1. The minimum atomic E-state index is -0.895. The Labute approximate surface area is 188 Å². The number of oxazole rings is 1. The molecule has 162 valence electrons. The van der Waals surface area contributed by atoms with Crippen LogP contribution in [0.4, 0.5) is 5.69 Å². The zero-order valence-corrected chi connectivity index (χ0v) is 18.0. The Hall–Kier alpha value is -3.72. The third-order valence-electron chi connectivity index (χ3n) is 5.45. The molecule has 9 nitrogen and oxygen atoms in total. The number of fused-ring (bicyclic) bond motifs is 1. The maximum Gasteiger partial charge on any atom is 0.263 e. The van der Waals surface area contributed by atoms with Gasteiger partial charge >= 0.3 is 0 Å². The van der Waals surface area contributed by atoms with Crippen LogP contribution in [0.5, 0.6) is 5.75 Å². The third-order valence-corrected chi connectivity index (χ3v) is 5.68. The van der Waals surface area contributed by atoms with Gasteiger partial charge in [-0.05, 0) is 37.3 Å². The van der Waals surface area contributed by atoms with Crippen LogP contribution in [0.25, 0.3) is 11.5 Å². The van der Waals surface area contributed by atoms with Gasteiger partial charge in [-0.15, -0.1) is 0 Å². The van der Waals surface area contributed by atoms with E-state index < -0.39 is 23.9 Å². The van der Waals surface area contributed by atoms with Crippen molar-refractivity contribution in [3.63, 3.8) is 0 Å². The molecule has 0 radical (unpaired) electrons. The predicted molar refractivity (Wildman–Crippen MR) is 115 cm³/mol. The van der Waals surface area contributed by atoms with Gasteiger partial charge < -0.3 is 9.15 Å². The first-order chi connectivity index (χ1) is 15.5. The molecule has 2 aliphatic rings. The van der Waals surface area contributed by atoms with Crippen molar-refractivity contribution in [2.24, 2.45) is 10.3 Å². The van der Waals surface area contributed by atoms with Crippen molar-refractivity contribution in [3.05, 3.63) is 65.0 Å². The highest BCUT2D eigenvalue weighted by Crippen LogP contribution is 2.34. The molecule has 2 amide bonds. The van der Waals surface area contributed by atoms with Crippen LogP contribution < -0.4 is 9.64 Å². The highest BCUT2D eigenvalue weighted by molar-refractivity contribution is 6.30. The molecule has 10 heteroatoms. The number of aromatic nitrogens is 1. The molecule has 2 aliphatic heterocycles. The Kier molecular flexibility index (Phi) is 4.90. The van der Waals surface area contributed by atoms with Gasteiger partial charge in [-0.25, -0.2) is 9.88 Å². The minimum Gasteiger partial charge on any atom is -0.497 e. The van der Waals surface area contributed by atoms with E-state index in [4.69, 9.17) is 20.8 Å². The lowest BCUT2D eigenvalue weighted by molar-refractivity contribution is -0.123. The van der Waals surface area contributed by atoms with Gasteiger partial charge in [0.1, 0.15) is 17.2 Å². The number of hydrogen-bond acceptors (Lipinski definition) is 8. The molecule has 2 atom stereocenters. The van der Waals surface area contributed by atoms with Crippen LogP contribution in [0.3, 0.4) is 0 Å². The van der Waals surface area contributed by atoms with Gasteiger partial charge in [0.2, 0.25) is 5.89 Å². The highest BCUT2D eigenvalue weighted by Gasteiger charge is 2.55. The summed E-state index contributed by atoms with van der Waals surface area (Å²) in [6.07, 6.45) is 0. The summed E-state index contributed by atoms with van der Waals surface area (Å²) in [5, 5.41) is 10.2. The summed E-state index contributed by atoms with van der Waals surface area (Å²) in [5.74, 6) is 0.732. The summed E-state index contributed by atoms with van der Waals surface area (Å²) in [5.41, 5.74) is 1.77. The van der Waals surface area contributed by atoms with Crippen molar-refractivity contribution in [2.45, 2.75) is 25.6 Å². The van der Waals surface area contributed by atoms with E-state index in [-0.39, 0.29) is 6.54 Å². The fourth-order valence-electron chi connectivity index (χ4n) is 3.83. The Bertz CT molecular complexity index is 1260. The molecule has 0 N–H and O–H groups in total. The molecule has 5 rings (SSSR count). The first-order valence-electron chi connectivity index (χ1n) is 9.88. The number of carbonyl (C=O) groups excluding carboxylic acids is 2. The largest absolute Gasteiger partial charge is 0.497 e. The number of halogens is 1. The van der Waals surface area contributed by atoms with Crippen molar-refractivity contribution in [1.82, 2.24) is 9.99 Å². The molecule has 1 saturated heterocycles. The maximum atomic E-state index is 13.2. The number of ether oxygens (including phenoxy) is 1. The van der Waals surface area contributed by atoms with Crippen LogP contribution >= 0.6 is 11.6 Å². The van der Waals surface area contributed by atoms with Crippen molar-refractivity contribution in [3.8, 4) is 17.2 Å². The van der Waals surface area contributed by atoms with Crippen molar-refractivity contribution >= 4 is 29.1 Å². The zero-order valence-electron chi connectivity index (χ0n) is 17.2. The first-order valence-corrected chi connectivity index (χ1v) is 10.3. The van der Waals surface area contributed by atoms with Gasteiger partial charge in [-0.1, -0.05) is 29.0 Å². The molecular weight excluding hydrogens is 434 g/mol. The smallest absolute Gasteiger partial charge is 0.263 e. The molecule has 0 bridgehead atoms. The highest BCUT2D eigenvalue weighted by atomic mass is 35.5. The topological polar surface area (TPSA) is 101 Å². The molecule has 2 aromatic carbocycles. The van der Waals surface area contributed by atoms with Crippen LogP contribution in [0.15, 0.2) is 63.3 Å². The fourth-order valence-corrected chi connectivity index (χ4v) is 4.02. The lowest BCUT2D eigenvalue weighted by Gasteiger charge is -2.20. The fraction of sp³-hybridized carbons (Fsp3) is 0.227. The number of benzene rings is 2. The number of carbonyl (C=O) groups is 2. The molecule has 0 spiro atoms. The Morgan fingerprint density at radius 3 is 2.72 bits per heavy atom. The second-order valence-electron chi connectivity index (χ2n) is 7.44. The van der Waals surface area contributed by atoms with E-state index in [0.717, 1.165) is 10.5 Å². The lowest BCUT2D eigenvalue weighted by Crippen LogP contribution is -2.39. The standard InChI is InChI=1S/C22H18ClN5O4/c1-12-17(24-20(32-12)13-5-3-6-14(23)9-13)11-27-19-18(25-26-27)21(29)28(22(19)30)15-7-4-8-16(10-15)31-2/h3-10,18-19H,11H2,1-2H3/t18-,19-/m1/s1. The van der Waals surface area contributed by atoms with Gasteiger partial charge in [0.15, 0.2) is 12.1 Å². The number of anilines is 1. The molecular formula is C22H18ClN5O4. The van der Waals surface area contributed by atoms with E-state index in [1.54, 1.807) is 43.3 Å². The average molecular weight is 452 g/mol. The number of nitrogens with zero attached hydrogens (tertiary/aromatic N) is 5. The van der Waals surface area contributed by atoms with Gasteiger partial charge in [-0.2, -0.15) is 5.11 Å². The molecule has 0 unspecified atom stereocenters. The van der Waals surface area contributed by atoms with Gasteiger partial charge in [0.25, 0.3) is 11.8 Å². The van der Waals surface area contributed by atoms with Crippen LogP contribution in [0.1, 0.15) is 11.5 Å². The normalized spacial score (nSPS) is 19.7. The number of imide groups is 1. The molecule has 0 saturated carbocycles. The number of hydrogen-bond donors (Lipinski definition) is 0. The summed E-state index contributed by atoms with van der Waals surface area (Å²) >= 11 is 6.07. The van der Waals surface area contributed by atoms with Crippen LogP contribution in [-0.4, -0.2) is 41.0 Å². The SMILES string of the molecule is COc1cccc(N2C(=O)[C@@H]3N=NN(Cc4nc(-c5cccc(Cl)c5)oc4C)[C@H]3C2=O)c1. The average Bonchev–Trinajstić information content (AvgIpc) is 3.44. The molecule has 0 aliphatic carbocycles. The summed E-state index contributed by atoms with van der Waals surface area (Å²) in [7, 11) is 1.52.